The van der Waals surface area contributed by atoms with Gasteiger partial charge in [0.1, 0.15) is 0 Å². The average Bonchev–Trinajstić information content (AvgIpc) is 2.71. The number of hydrogen-bond acceptors (Lipinski definition) is 2. The second-order valence-corrected chi connectivity index (χ2v) is 3.65. The maximum Gasteiger partial charge on any atom is 0.309 e. The molecule has 3 nitrogen and oxygen atoms in total. The lowest BCUT2D eigenvalue weighted by molar-refractivity contribution is -0.138. The molecule has 3 atom stereocenters. The van der Waals surface area contributed by atoms with E-state index in [1.54, 1.807) is 0 Å². The summed E-state index contributed by atoms with van der Waals surface area (Å²) in [5, 5.41) is 12.1. The molecule has 2 aliphatic rings. The lowest BCUT2D eigenvalue weighted by Crippen LogP contribution is -2.10. The van der Waals surface area contributed by atoms with Gasteiger partial charge in [0.2, 0.25) is 0 Å². The Morgan fingerprint density at radius 3 is 2.92 bits per heavy atom. The van der Waals surface area contributed by atoms with Gasteiger partial charge in [0.05, 0.1) is 5.92 Å². The van der Waals surface area contributed by atoms with E-state index in [0.717, 1.165) is 5.69 Å². The van der Waals surface area contributed by atoms with Crippen LogP contribution >= 0.6 is 0 Å². The number of hydrogen-bond donors (Lipinski definition) is 2. The van der Waals surface area contributed by atoms with Crippen molar-refractivity contribution < 1.29 is 9.90 Å². The molecule has 1 saturated carbocycles. The summed E-state index contributed by atoms with van der Waals surface area (Å²) in [5.41, 5.74) is 2.27. The first kappa shape index (κ1) is 6.95. The van der Waals surface area contributed by atoms with Gasteiger partial charge in [0, 0.05) is 17.6 Å². The van der Waals surface area contributed by atoms with Gasteiger partial charge >= 0.3 is 5.97 Å². The number of rotatable bonds is 1. The molecule has 0 saturated heterocycles. The number of benzene rings is 1. The van der Waals surface area contributed by atoms with Crippen LogP contribution in [-0.2, 0) is 4.79 Å². The fraction of sp³-hybridized carbons (Fsp3) is 0.300. The number of carbonyl (C=O) groups is 1. The first-order valence-electron chi connectivity index (χ1n) is 4.37. The molecule has 0 spiro atoms. The van der Waals surface area contributed by atoms with E-state index in [9.17, 15) is 4.79 Å². The SMILES string of the molecule is O=C(O)C1C2Nc3ccccc3C21. The molecule has 1 fully saturated rings. The van der Waals surface area contributed by atoms with E-state index in [1.807, 2.05) is 24.3 Å². The van der Waals surface area contributed by atoms with Crippen LogP contribution in [-0.4, -0.2) is 17.1 Å². The highest BCUT2D eigenvalue weighted by atomic mass is 16.4. The van der Waals surface area contributed by atoms with Gasteiger partial charge in [-0.1, -0.05) is 18.2 Å². The fourth-order valence-corrected chi connectivity index (χ4v) is 2.28. The molecular weight excluding hydrogens is 166 g/mol. The largest absolute Gasteiger partial charge is 0.481 e. The number of fused-ring (bicyclic) bond motifs is 3. The molecule has 3 heteroatoms. The smallest absolute Gasteiger partial charge is 0.309 e. The molecule has 1 aliphatic carbocycles. The van der Waals surface area contributed by atoms with Gasteiger partial charge in [-0.05, 0) is 11.6 Å². The van der Waals surface area contributed by atoms with Crippen LogP contribution in [0.1, 0.15) is 11.5 Å². The molecule has 0 aromatic heterocycles. The summed E-state index contributed by atoms with van der Waals surface area (Å²) in [7, 11) is 0. The van der Waals surface area contributed by atoms with Gasteiger partial charge in [-0.2, -0.15) is 0 Å². The summed E-state index contributed by atoms with van der Waals surface area (Å²) >= 11 is 0. The van der Waals surface area contributed by atoms with Crippen molar-refractivity contribution >= 4 is 11.7 Å². The van der Waals surface area contributed by atoms with Crippen LogP contribution in [0.3, 0.4) is 0 Å². The van der Waals surface area contributed by atoms with Crippen LogP contribution in [0, 0.1) is 5.92 Å². The highest BCUT2D eigenvalue weighted by Crippen LogP contribution is 2.56. The number of para-hydroxylation sites is 1. The Bertz CT molecular complexity index is 388. The summed E-state index contributed by atoms with van der Waals surface area (Å²) in [6, 6.07) is 8.08. The fourth-order valence-electron chi connectivity index (χ4n) is 2.28. The number of anilines is 1. The summed E-state index contributed by atoms with van der Waals surface area (Å²) in [4.78, 5) is 10.7. The van der Waals surface area contributed by atoms with Crippen molar-refractivity contribution in [2.24, 2.45) is 5.92 Å². The zero-order valence-electron chi connectivity index (χ0n) is 6.90. The number of carboxylic acids is 1. The molecule has 3 unspecified atom stereocenters. The Morgan fingerprint density at radius 2 is 2.15 bits per heavy atom. The average molecular weight is 175 g/mol. The van der Waals surface area contributed by atoms with Crippen molar-refractivity contribution in [1.29, 1.82) is 0 Å². The monoisotopic (exact) mass is 175 g/mol. The number of carboxylic acid groups (broad SMARTS) is 1. The van der Waals surface area contributed by atoms with Crippen LogP contribution in [0.15, 0.2) is 24.3 Å². The molecule has 3 rings (SSSR count). The molecule has 0 bridgehead atoms. The zero-order chi connectivity index (χ0) is 9.00. The van der Waals surface area contributed by atoms with Gasteiger partial charge in [-0.15, -0.1) is 0 Å². The molecule has 1 aliphatic heterocycles. The second kappa shape index (κ2) is 2.05. The molecule has 2 N–H and O–H groups in total. The van der Waals surface area contributed by atoms with E-state index in [2.05, 4.69) is 5.32 Å². The highest BCUT2D eigenvalue weighted by molar-refractivity contribution is 5.83. The molecular formula is C10H9NO2. The highest BCUT2D eigenvalue weighted by Gasteiger charge is 2.60. The summed E-state index contributed by atoms with van der Waals surface area (Å²) in [6.07, 6.45) is 0. The maximum atomic E-state index is 10.7. The molecule has 1 aromatic rings. The molecule has 13 heavy (non-hydrogen) atoms. The van der Waals surface area contributed by atoms with Crippen molar-refractivity contribution in [3.8, 4) is 0 Å². The third kappa shape index (κ3) is 0.763. The lowest BCUT2D eigenvalue weighted by atomic mass is 10.1. The normalized spacial score (nSPS) is 33.1. The Kier molecular flexibility index (Phi) is 1.09. The molecule has 0 amide bonds. The van der Waals surface area contributed by atoms with Crippen LogP contribution in [0.25, 0.3) is 0 Å². The number of aliphatic carboxylic acids is 1. The Morgan fingerprint density at radius 1 is 1.38 bits per heavy atom. The van der Waals surface area contributed by atoms with E-state index in [4.69, 9.17) is 5.11 Å². The van der Waals surface area contributed by atoms with Gasteiger partial charge < -0.3 is 10.4 Å². The lowest BCUT2D eigenvalue weighted by Gasteiger charge is -2.05. The summed E-state index contributed by atoms with van der Waals surface area (Å²) < 4.78 is 0. The van der Waals surface area contributed by atoms with E-state index >= 15 is 0 Å². The standard InChI is InChI=1S/C10H9NO2/c12-10(13)8-7-5-3-1-2-4-6(5)11-9(7)8/h1-4,7-9,11H,(H,12,13). The minimum absolute atomic E-state index is 0.148. The minimum Gasteiger partial charge on any atom is -0.481 e. The molecule has 1 heterocycles. The Hall–Kier alpha value is -1.51. The second-order valence-electron chi connectivity index (χ2n) is 3.65. The van der Waals surface area contributed by atoms with Crippen LogP contribution in [0.2, 0.25) is 0 Å². The van der Waals surface area contributed by atoms with Crippen molar-refractivity contribution in [3.63, 3.8) is 0 Å². The molecule has 1 aromatic carbocycles. The quantitative estimate of drug-likeness (QED) is 0.676. The van der Waals surface area contributed by atoms with E-state index in [-0.39, 0.29) is 17.9 Å². The third-order valence-electron chi connectivity index (χ3n) is 2.95. The summed E-state index contributed by atoms with van der Waals surface area (Å²) in [6.45, 7) is 0. The van der Waals surface area contributed by atoms with Crippen molar-refractivity contribution in [2.45, 2.75) is 12.0 Å². The van der Waals surface area contributed by atoms with Gasteiger partial charge in [0.15, 0.2) is 0 Å². The summed E-state index contributed by atoms with van der Waals surface area (Å²) in [5.74, 6) is -0.666. The van der Waals surface area contributed by atoms with Crippen LogP contribution in [0.4, 0.5) is 5.69 Å². The first-order chi connectivity index (χ1) is 6.29. The van der Waals surface area contributed by atoms with E-state index < -0.39 is 5.97 Å². The predicted octanol–water partition coefficient (Wildman–Crippen LogP) is 1.28. The molecule has 66 valence electrons. The third-order valence-corrected chi connectivity index (χ3v) is 2.95. The molecule has 0 radical (unpaired) electrons. The number of nitrogens with one attached hydrogen (secondary N) is 1. The maximum absolute atomic E-state index is 10.7. The van der Waals surface area contributed by atoms with Gasteiger partial charge in [-0.25, -0.2) is 0 Å². The van der Waals surface area contributed by atoms with Gasteiger partial charge in [0.25, 0.3) is 0 Å². The zero-order valence-corrected chi connectivity index (χ0v) is 6.90. The van der Waals surface area contributed by atoms with E-state index in [1.165, 1.54) is 5.56 Å². The minimum atomic E-state index is -0.683. The van der Waals surface area contributed by atoms with Crippen molar-refractivity contribution in [1.82, 2.24) is 0 Å². The van der Waals surface area contributed by atoms with Crippen LogP contribution < -0.4 is 5.32 Å². The topological polar surface area (TPSA) is 49.3 Å². The van der Waals surface area contributed by atoms with Gasteiger partial charge in [-0.3, -0.25) is 4.79 Å². The van der Waals surface area contributed by atoms with Crippen molar-refractivity contribution in [3.05, 3.63) is 29.8 Å². The van der Waals surface area contributed by atoms with Crippen LogP contribution in [0.5, 0.6) is 0 Å². The Labute approximate surface area is 75.4 Å². The Balaban J connectivity index is 1.99. The van der Waals surface area contributed by atoms with E-state index in [0.29, 0.717) is 0 Å². The predicted molar refractivity (Wildman–Crippen MR) is 47.7 cm³/mol. The first-order valence-corrected chi connectivity index (χ1v) is 4.37. The van der Waals surface area contributed by atoms with Crippen molar-refractivity contribution in [2.75, 3.05) is 5.32 Å².